The van der Waals surface area contributed by atoms with Crippen molar-refractivity contribution in [3.8, 4) is 0 Å². The van der Waals surface area contributed by atoms with E-state index in [9.17, 15) is 14.4 Å². The Bertz CT molecular complexity index is 131. The van der Waals surface area contributed by atoms with Crippen molar-refractivity contribution in [3.05, 3.63) is 0 Å². The van der Waals surface area contributed by atoms with E-state index in [1.54, 1.807) is 0 Å². The van der Waals surface area contributed by atoms with Crippen LogP contribution < -0.4 is 0 Å². The van der Waals surface area contributed by atoms with Crippen LogP contribution in [0.25, 0.3) is 0 Å². The number of hydrogen-bond donors (Lipinski definition) is 1. The predicted molar refractivity (Wildman–Crippen MR) is 32.5 cm³/mol. The molecule has 0 bridgehead atoms. The molecule has 0 unspecified atom stereocenters. The van der Waals surface area contributed by atoms with Gasteiger partial charge in [-0.05, 0) is 0 Å². The Labute approximate surface area is 57.8 Å². The third-order valence-electron chi connectivity index (χ3n) is 1.11. The van der Waals surface area contributed by atoms with E-state index in [2.05, 4.69) is 0 Å². The van der Waals surface area contributed by atoms with Gasteiger partial charge in [0.25, 0.3) is 0 Å². The third-order valence-corrected chi connectivity index (χ3v) is 1.11. The number of carbonyl (C=O) groups excluding carboxylic acids is 2. The van der Waals surface area contributed by atoms with Gasteiger partial charge in [0.2, 0.25) is 0 Å². The summed E-state index contributed by atoms with van der Waals surface area (Å²) in [6.45, 7) is 0. The Morgan fingerprint density at radius 1 is 1.30 bits per heavy atom. The summed E-state index contributed by atoms with van der Waals surface area (Å²) in [6, 6.07) is 0. The molecular formula is C6H8O4. The highest BCUT2D eigenvalue weighted by atomic mass is 16.4. The molecule has 4 nitrogen and oxygen atoms in total. The largest absolute Gasteiger partial charge is 0.481 e. The standard InChI is InChI=1S/C6H8O4/c7-3-1-5(2-4-8)6(9)10/h3-5H,1-2H2,(H,9,10). The van der Waals surface area contributed by atoms with Gasteiger partial charge in [0.15, 0.2) is 0 Å². The van der Waals surface area contributed by atoms with Gasteiger partial charge in [-0.1, -0.05) is 0 Å². The fourth-order valence-corrected chi connectivity index (χ4v) is 0.530. The minimum atomic E-state index is -1.10. The Hall–Kier alpha value is -1.19. The first-order valence-electron chi connectivity index (χ1n) is 2.82. The number of aldehydes is 2. The van der Waals surface area contributed by atoms with Crippen LogP contribution in [0.1, 0.15) is 12.8 Å². The lowest BCUT2D eigenvalue weighted by atomic mass is 10.0. The van der Waals surface area contributed by atoms with Gasteiger partial charge in [0, 0.05) is 12.8 Å². The van der Waals surface area contributed by atoms with Gasteiger partial charge >= 0.3 is 5.97 Å². The highest BCUT2D eigenvalue weighted by molar-refractivity contribution is 5.76. The molecule has 0 aliphatic carbocycles. The van der Waals surface area contributed by atoms with Crippen LogP contribution in [0.5, 0.6) is 0 Å². The zero-order valence-corrected chi connectivity index (χ0v) is 5.32. The average Bonchev–Trinajstić information content (AvgIpc) is 1.87. The van der Waals surface area contributed by atoms with Crippen molar-refractivity contribution in [2.45, 2.75) is 12.8 Å². The molecule has 4 heteroatoms. The van der Waals surface area contributed by atoms with Crippen molar-refractivity contribution >= 4 is 18.5 Å². The van der Waals surface area contributed by atoms with Crippen molar-refractivity contribution < 1.29 is 19.5 Å². The quantitative estimate of drug-likeness (QED) is 0.545. The molecule has 0 fully saturated rings. The van der Waals surface area contributed by atoms with Crippen LogP contribution in [0.4, 0.5) is 0 Å². The van der Waals surface area contributed by atoms with Crippen LogP contribution in [0.15, 0.2) is 0 Å². The Balaban J connectivity index is 3.83. The fourth-order valence-electron chi connectivity index (χ4n) is 0.530. The molecule has 0 spiro atoms. The molecule has 0 rings (SSSR count). The van der Waals surface area contributed by atoms with Gasteiger partial charge < -0.3 is 14.7 Å². The van der Waals surface area contributed by atoms with Gasteiger partial charge in [-0.25, -0.2) is 0 Å². The second-order valence-electron chi connectivity index (χ2n) is 1.84. The number of carboxylic acids is 1. The van der Waals surface area contributed by atoms with Crippen molar-refractivity contribution in [1.29, 1.82) is 0 Å². The molecule has 0 heterocycles. The molecule has 0 radical (unpaired) electrons. The van der Waals surface area contributed by atoms with E-state index in [0.29, 0.717) is 12.6 Å². The summed E-state index contributed by atoms with van der Waals surface area (Å²) in [6.07, 6.45) is 0.826. The number of carbonyl (C=O) groups is 3. The zero-order chi connectivity index (χ0) is 7.98. The van der Waals surface area contributed by atoms with Crippen LogP contribution in [-0.2, 0) is 14.4 Å². The Morgan fingerprint density at radius 3 is 1.90 bits per heavy atom. The number of carboxylic acid groups (broad SMARTS) is 1. The predicted octanol–water partition coefficient (Wildman–Crippen LogP) is -0.135. The van der Waals surface area contributed by atoms with Crippen LogP contribution in [0.3, 0.4) is 0 Å². The van der Waals surface area contributed by atoms with Crippen LogP contribution in [0, 0.1) is 5.92 Å². The summed E-state index contributed by atoms with van der Waals surface area (Å²) in [5.74, 6) is -1.94. The first-order chi connectivity index (χ1) is 4.72. The SMILES string of the molecule is O=CCC(CC=O)C(=O)O. The van der Waals surface area contributed by atoms with Gasteiger partial charge in [-0.2, -0.15) is 0 Å². The molecule has 0 saturated heterocycles. The van der Waals surface area contributed by atoms with Crippen LogP contribution >= 0.6 is 0 Å². The summed E-state index contributed by atoms with van der Waals surface area (Å²) in [7, 11) is 0. The van der Waals surface area contributed by atoms with Crippen LogP contribution in [-0.4, -0.2) is 23.6 Å². The smallest absolute Gasteiger partial charge is 0.307 e. The summed E-state index contributed by atoms with van der Waals surface area (Å²) >= 11 is 0. The average molecular weight is 144 g/mol. The number of rotatable bonds is 5. The summed E-state index contributed by atoms with van der Waals surface area (Å²) in [4.78, 5) is 29.8. The summed E-state index contributed by atoms with van der Waals surface area (Å²) in [5, 5.41) is 8.32. The molecule has 0 aromatic rings. The number of hydrogen-bond acceptors (Lipinski definition) is 3. The van der Waals surface area contributed by atoms with E-state index in [-0.39, 0.29) is 12.8 Å². The fraction of sp³-hybridized carbons (Fsp3) is 0.500. The minimum absolute atomic E-state index is 0.0892. The van der Waals surface area contributed by atoms with E-state index in [4.69, 9.17) is 5.11 Å². The molecule has 0 aromatic heterocycles. The molecule has 0 saturated carbocycles. The maximum absolute atomic E-state index is 10.2. The third kappa shape index (κ3) is 2.96. The molecule has 56 valence electrons. The maximum atomic E-state index is 10.2. The molecule has 10 heavy (non-hydrogen) atoms. The normalized spacial score (nSPS) is 9.30. The van der Waals surface area contributed by atoms with E-state index in [0.717, 1.165) is 0 Å². The summed E-state index contributed by atoms with van der Waals surface area (Å²) < 4.78 is 0. The second kappa shape index (κ2) is 4.67. The van der Waals surface area contributed by atoms with Gasteiger partial charge in [-0.15, -0.1) is 0 Å². The van der Waals surface area contributed by atoms with Crippen LogP contribution in [0.2, 0.25) is 0 Å². The molecule has 0 aliphatic rings. The topological polar surface area (TPSA) is 71.4 Å². The summed E-state index contributed by atoms with van der Waals surface area (Å²) in [5.41, 5.74) is 0. The van der Waals surface area contributed by atoms with E-state index in [1.165, 1.54) is 0 Å². The highest BCUT2D eigenvalue weighted by Gasteiger charge is 2.15. The molecular weight excluding hydrogens is 136 g/mol. The molecule has 1 N–H and O–H groups in total. The lowest BCUT2D eigenvalue weighted by Crippen LogP contribution is -2.14. The van der Waals surface area contributed by atoms with Gasteiger partial charge in [0.05, 0.1) is 5.92 Å². The van der Waals surface area contributed by atoms with E-state index >= 15 is 0 Å². The van der Waals surface area contributed by atoms with Crippen molar-refractivity contribution in [2.24, 2.45) is 5.92 Å². The highest BCUT2D eigenvalue weighted by Crippen LogP contribution is 2.03. The number of aliphatic carboxylic acids is 1. The lowest BCUT2D eigenvalue weighted by molar-refractivity contribution is -0.143. The molecule has 0 aromatic carbocycles. The molecule has 0 aliphatic heterocycles. The molecule has 0 atom stereocenters. The monoisotopic (exact) mass is 144 g/mol. The van der Waals surface area contributed by atoms with Crippen molar-refractivity contribution in [1.82, 2.24) is 0 Å². The van der Waals surface area contributed by atoms with E-state index in [1.807, 2.05) is 0 Å². The second-order valence-corrected chi connectivity index (χ2v) is 1.84. The van der Waals surface area contributed by atoms with Gasteiger partial charge in [-0.3, -0.25) is 4.79 Å². The minimum Gasteiger partial charge on any atom is -0.481 e. The molecule has 0 amide bonds. The first kappa shape index (κ1) is 8.81. The Morgan fingerprint density at radius 2 is 1.70 bits per heavy atom. The van der Waals surface area contributed by atoms with Crippen molar-refractivity contribution in [3.63, 3.8) is 0 Å². The first-order valence-corrected chi connectivity index (χ1v) is 2.82. The zero-order valence-electron chi connectivity index (χ0n) is 5.32. The van der Waals surface area contributed by atoms with E-state index < -0.39 is 11.9 Å². The van der Waals surface area contributed by atoms with Crippen molar-refractivity contribution in [2.75, 3.05) is 0 Å². The maximum Gasteiger partial charge on any atom is 0.307 e. The Kier molecular flexibility index (Phi) is 4.11. The van der Waals surface area contributed by atoms with Gasteiger partial charge in [0.1, 0.15) is 12.6 Å². The lowest BCUT2D eigenvalue weighted by Gasteiger charge is -2.01.